The summed E-state index contributed by atoms with van der Waals surface area (Å²) in [5.74, 6) is -1.04. The molecule has 0 bridgehead atoms. The summed E-state index contributed by atoms with van der Waals surface area (Å²) in [5, 5.41) is 11.7. The van der Waals surface area contributed by atoms with Gasteiger partial charge >= 0.3 is 12.0 Å². The van der Waals surface area contributed by atoms with Gasteiger partial charge in [-0.05, 0) is 48.0 Å². The number of carbonyl (C=O) groups excluding carboxylic acids is 1. The Hall–Kier alpha value is -1.60. The van der Waals surface area contributed by atoms with Crippen molar-refractivity contribution < 1.29 is 19.4 Å². The molecular formula is C14H17BrN2O4. The van der Waals surface area contributed by atoms with Crippen molar-refractivity contribution in [3.63, 3.8) is 0 Å². The van der Waals surface area contributed by atoms with Crippen LogP contribution >= 0.6 is 15.9 Å². The summed E-state index contributed by atoms with van der Waals surface area (Å²) < 4.78 is 6.22. The van der Waals surface area contributed by atoms with Gasteiger partial charge in [0.05, 0.1) is 23.5 Å². The molecule has 2 atom stereocenters. The van der Waals surface area contributed by atoms with Crippen molar-refractivity contribution in [2.75, 3.05) is 18.4 Å². The highest BCUT2D eigenvalue weighted by Crippen LogP contribution is 2.24. The van der Waals surface area contributed by atoms with E-state index >= 15 is 0 Å². The monoisotopic (exact) mass is 356 g/mol. The van der Waals surface area contributed by atoms with Crippen LogP contribution in [-0.4, -0.2) is 47.3 Å². The van der Waals surface area contributed by atoms with E-state index in [0.717, 1.165) is 0 Å². The minimum atomic E-state index is -1.04. The Kier molecular flexibility index (Phi) is 4.84. The molecule has 2 rings (SSSR count). The Labute approximate surface area is 131 Å². The molecule has 0 saturated carbocycles. The number of amides is 2. The van der Waals surface area contributed by atoms with Gasteiger partial charge < -0.3 is 20.1 Å². The standard InChI is InChI=1S/C14H17BrN2O4/c1-8-6-17(7-9(2)21-8)14(20)16-12-5-10(13(18)19)3-4-11(12)15/h3-5,8-9H,6-7H2,1-2H3,(H,16,20)(H,18,19). The van der Waals surface area contributed by atoms with Gasteiger partial charge in [0, 0.05) is 17.6 Å². The third kappa shape index (κ3) is 3.95. The second-order valence-electron chi connectivity index (χ2n) is 5.09. The second-order valence-corrected chi connectivity index (χ2v) is 5.95. The van der Waals surface area contributed by atoms with Crippen LogP contribution < -0.4 is 5.32 Å². The Bertz CT molecular complexity index is 554. The molecule has 6 nitrogen and oxygen atoms in total. The zero-order valence-corrected chi connectivity index (χ0v) is 13.4. The number of morpholine rings is 1. The van der Waals surface area contributed by atoms with Crippen LogP contribution in [0.15, 0.2) is 22.7 Å². The predicted octanol–water partition coefficient (Wildman–Crippen LogP) is 2.79. The van der Waals surface area contributed by atoms with Crippen molar-refractivity contribution in [2.24, 2.45) is 0 Å². The van der Waals surface area contributed by atoms with Crippen LogP contribution in [0.3, 0.4) is 0 Å². The highest BCUT2D eigenvalue weighted by molar-refractivity contribution is 9.10. The fourth-order valence-corrected chi connectivity index (χ4v) is 2.64. The molecule has 114 valence electrons. The van der Waals surface area contributed by atoms with E-state index in [4.69, 9.17) is 9.84 Å². The zero-order chi connectivity index (χ0) is 15.6. The molecule has 1 fully saturated rings. The largest absolute Gasteiger partial charge is 0.478 e. The Morgan fingerprint density at radius 3 is 2.52 bits per heavy atom. The number of halogens is 1. The molecule has 2 N–H and O–H groups in total. The van der Waals surface area contributed by atoms with E-state index in [-0.39, 0.29) is 23.8 Å². The Balaban J connectivity index is 2.12. The lowest BCUT2D eigenvalue weighted by molar-refractivity contribution is -0.0530. The van der Waals surface area contributed by atoms with E-state index in [0.29, 0.717) is 23.2 Å². The SMILES string of the molecule is CC1CN(C(=O)Nc2cc(C(=O)O)ccc2Br)CC(C)O1. The maximum absolute atomic E-state index is 12.3. The number of carbonyl (C=O) groups is 2. The molecule has 0 aliphatic carbocycles. The molecule has 1 heterocycles. The summed E-state index contributed by atoms with van der Waals surface area (Å²) in [6, 6.07) is 4.24. The number of rotatable bonds is 2. The highest BCUT2D eigenvalue weighted by Gasteiger charge is 2.26. The molecule has 7 heteroatoms. The van der Waals surface area contributed by atoms with Crippen LogP contribution in [0.2, 0.25) is 0 Å². The molecule has 0 radical (unpaired) electrons. The van der Waals surface area contributed by atoms with Crippen LogP contribution in [0.4, 0.5) is 10.5 Å². The molecule has 2 amide bonds. The average molecular weight is 357 g/mol. The van der Waals surface area contributed by atoms with Crippen LogP contribution in [0.5, 0.6) is 0 Å². The van der Waals surface area contributed by atoms with E-state index in [9.17, 15) is 9.59 Å². The molecule has 1 aliphatic rings. The molecule has 1 aromatic carbocycles. The van der Waals surface area contributed by atoms with E-state index < -0.39 is 5.97 Å². The van der Waals surface area contributed by atoms with E-state index in [2.05, 4.69) is 21.2 Å². The average Bonchev–Trinajstić information content (AvgIpc) is 2.39. The molecule has 0 aromatic heterocycles. The van der Waals surface area contributed by atoms with Gasteiger partial charge in [0.1, 0.15) is 0 Å². The number of urea groups is 1. The summed E-state index contributed by atoms with van der Waals surface area (Å²) >= 11 is 3.30. The van der Waals surface area contributed by atoms with E-state index in [1.807, 2.05) is 13.8 Å². The highest BCUT2D eigenvalue weighted by atomic mass is 79.9. The van der Waals surface area contributed by atoms with E-state index in [1.165, 1.54) is 12.1 Å². The van der Waals surface area contributed by atoms with Gasteiger partial charge in [-0.1, -0.05) is 0 Å². The van der Waals surface area contributed by atoms with Crippen LogP contribution in [0.25, 0.3) is 0 Å². The quantitative estimate of drug-likeness (QED) is 0.853. The van der Waals surface area contributed by atoms with Crippen LogP contribution in [-0.2, 0) is 4.74 Å². The van der Waals surface area contributed by atoms with Crippen molar-refractivity contribution in [2.45, 2.75) is 26.1 Å². The number of ether oxygens (including phenoxy) is 1. The first kappa shape index (κ1) is 15.8. The smallest absolute Gasteiger partial charge is 0.335 e. The lowest BCUT2D eigenvalue weighted by Crippen LogP contribution is -2.49. The minimum Gasteiger partial charge on any atom is -0.478 e. The third-order valence-electron chi connectivity index (χ3n) is 3.16. The van der Waals surface area contributed by atoms with Crippen LogP contribution in [0.1, 0.15) is 24.2 Å². The number of benzene rings is 1. The van der Waals surface area contributed by atoms with Crippen molar-refractivity contribution in [3.8, 4) is 0 Å². The molecule has 1 aromatic rings. The fourth-order valence-electron chi connectivity index (χ4n) is 2.29. The number of carboxylic acid groups (broad SMARTS) is 1. The fraction of sp³-hybridized carbons (Fsp3) is 0.429. The number of nitrogens with one attached hydrogen (secondary N) is 1. The van der Waals surface area contributed by atoms with Crippen molar-refractivity contribution >= 4 is 33.6 Å². The topological polar surface area (TPSA) is 78.9 Å². The minimum absolute atomic E-state index is 0.0201. The van der Waals surface area contributed by atoms with Crippen molar-refractivity contribution in [1.29, 1.82) is 0 Å². The molecule has 1 saturated heterocycles. The molecule has 0 spiro atoms. The predicted molar refractivity (Wildman–Crippen MR) is 81.7 cm³/mol. The first-order valence-corrected chi connectivity index (χ1v) is 7.40. The van der Waals surface area contributed by atoms with Gasteiger partial charge in [0.2, 0.25) is 0 Å². The number of hydrogen-bond donors (Lipinski definition) is 2. The van der Waals surface area contributed by atoms with Gasteiger partial charge in [-0.15, -0.1) is 0 Å². The van der Waals surface area contributed by atoms with Crippen LogP contribution in [0, 0.1) is 0 Å². The van der Waals surface area contributed by atoms with E-state index in [1.54, 1.807) is 11.0 Å². The van der Waals surface area contributed by atoms with Gasteiger partial charge in [-0.3, -0.25) is 0 Å². The Morgan fingerprint density at radius 1 is 1.33 bits per heavy atom. The lowest BCUT2D eigenvalue weighted by Gasteiger charge is -2.35. The third-order valence-corrected chi connectivity index (χ3v) is 3.85. The zero-order valence-electron chi connectivity index (χ0n) is 11.8. The molecule has 2 unspecified atom stereocenters. The maximum Gasteiger partial charge on any atom is 0.335 e. The number of hydrogen-bond acceptors (Lipinski definition) is 3. The lowest BCUT2D eigenvalue weighted by atomic mass is 10.2. The number of carboxylic acids is 1. The number of aromatic carboxylic acids is 1. The van der Waals surface area contributed by atoms with Crippen molar-refractivity contribution in [3.05, 3.63) is 28.2 Å². The normalized spacial score (nSPS) is 22.0. The van der Waals surface area contributed by atoms with Gasteiger partial charge in [-0.25, -0.2) is 9.59 Å². The summed E-state index contributed by atoms with van der Waals surface area (Å²) in [6.45, 7) is 4.84. The second kappa shape index (κ2) is 6.44. The first-order chi connectivity index (χ1) is 9.86. The Morgan fingerprint density at radius 2 is 1.95 bits per heavy atom. The molecule has 1 aliphatic heterocycles. The first-order valence-electron chi connectivity index (χ1n) is 6.61. The summed E-state index contributed by atoms with van der Waals surface area (Å²) in [5.41, 5.74) is 0.559. The van der Waals surface area contributed by atoms with Gasteiger partial charge in [0.15, 0.2) is 0 Å². The maximum atomic E-state index is 12.3. The van der Waals surface area contributed by atoms with Gasteiger partial charge in [0.25, 0.3) is 0 Å². The number of anilines is 1. The summed E-state index contributed by atoms with van der Waals surface area (Å²) in [7, 11) is 0. The number of nitrogens with zero attached hydrogens (tertiary/aromatic N) is 1. The summed E-state index contributed by atoms with van der Waals surface area (Å²) in [4.78, 5) is 24.9. The molecule has 21 heavy (non-hydrogen) atoms. The summed E-state index contributed by atoms with van der Waals surface area (Å²) in [6.07, 6.45) is -0.0402. The van der Waals surface area contributed by atoms with Gasteiger partial charge in [-0.2, -0.15) is 0 Å². The molecular weight excluding hydrogens is 340 g/mol. The van der Waals surface area contributed by atoms with Crippen molar-refractivity contribution in [1.82, 2.24) is 4.90 Å².